The first-order valence-electron chi connectivity index (χ1n) is 8.72. The summed E-state index contributed by atoms with van der Waals surface area (Å²) in [5, 5.41) is 31.3. The molecule has 2 atom stereocenters. The van der Waals surface area contributed by atoms with Crippen LogP contribution in [0.3, 0.4) is 0 Å². The van der Waals surface area contributed by atoms with Gasteiger partial charge in [0.2, 0.25) is 0 Å². The molecule has 0 unspecified atom stereocenters. The summed E-state index contributed by atoms with van der Waals surface area (Å²) in [4.78, 5) is 2.19. The monoisotopic (exact) mass is 341 g/mol. The Morgan fingerprint density at radius 1 is 1.04 bits per heavy atom. The van der Waals surface area contributed by atoms with E-state index in [0.717, 1.165) is 5.56 Å². The van der Waals surface area contributed by atoms with E-state index in [1.807, 2.05) is 30.3 Å². The van der Waals surface area contributed by atoms with Gasteiger partial charge in [-0.3, -0.25) is 4.90 Å². The summed E-state index contributed by atoms with van der Waals surface area (Å²) in [6, 6.07) is 14.5. The number of aliphatic hydroxyl groups is 2. The smallest absolute Gasteiger partial charge is 0.128 e. The molecule has 1 fully saturated rings. The molecule has 3 N–H and O–H groups in total. The van der Waals surface area contributed by atoms with Crippen molar-refractivity contribution in [1.82, 2.24) is 4.90 Å². The molecule has 132 valence electrons. The van der Waals surface area contributed by atoms with Crippen LogP contribution in [0.15, 0.2) is 48.5 Å². The van der Waals surface area contributed by atoms with E-state index < -0.39 is 11.7 Å². The molecule has 2 aliphatic heterocycles. The van der Waals surface area contributed by atoms with Crippen molar-refractivity contribution in [3.05, 3.63) is 59.7 Å². The van der Waals surface area contributed by atoms with Gasteiger partial charge in [0, 0.05) is 24.7 Å². The summed E-state index contributed by atoms with van der Waals surface area (Å²) in [5.41, 5.74) is 0.857. The number of benzene rings is 2. The molecular weight excluding hydrogens is 318 g/mol. The first-order valence-corrected chi connectivity index (χ1v) is 8.72. The summed E-state index contributed by atoms with van der Waals surface area (Å²) >= 11 is 0. The topological polar surface area (TPSA) is 73.2 Å². The second kappa shape index (κ2) is 6.33. The second-order valence-electron chi connectivity index (χ2n) is 6.98. The van der Waals surface area contributed by atoms with Gasteiger partial charge in [-0.2, -0.15) is 0 Å². The molecule has 5 heteroatoms. The lowest BCUT2D eigenvalue weighted by molar-refractivity contribution is -0.0665. The largest absolute Gasteiger partial charge is 0.508 e. The van der Waals surface area contributed by atoms with Gasteiger partial charge in [-0.1, -0.05) is 30.3 Å². The van der Waals surface area contributed by atoms with Crippen LogP contribution in [0.5, 0.6) is 11.5 Å². The van der Waals surface area contributed by atoms with E-state index in [1.165, 1.54) is 0 Å². The van der Waals surface area contributed by atoms with E-state index in [-0.39, 0.29) is 11.8 Å². The van der Waals surface area contributed by atoms with Crippen LogP contribution in [0.1, 0.15) is 30.1 Å². The van der Waals surface area contributed by atoms with Gasteiger partial charge < -0.3 is 20.1 Å². The van der Waals surface area contributed by atoms with Gasteiger partial charge in [0.15, 0.2) is 0 Å². The van der Waals surface area contributed by atoms with E-state index >= 15 is 0 Å². The first-order chi connectivity index (χ1) is 12.1. The van der Waals surface area contributed by atoms with E-state index in [1.54, 1.807) is 18.2 Å². The predicted octanol–water partition coefficient (Wildman–Crippen LogP) is 2.17. The SMILES string of the molecule is Oc1ccc2c(c1)OC[C@@H](N1CCC(O)(c3ccccc3)CC1)[C@H]2O. The van der Waals surface area contributed by atoms with E-state index in [9.17, 15) is 15.3 Å². The van der Waals surface area contributed by atoms with Crippen LogP contribution in [0.4, 0.5) is 0 Å². The van der Waals surface area contributed by atoms with Crippen molar-refractivity contribution in [1.29, 1.82) is 0 Å². The molecule has 0 aliphatic carbocycles. The van der Waals surface area contributed by atoms with Crippen LogP contribution >= 0.6 is 0 Å². The normalized spacial score (nSPS) is 25.8. The number of hydrogen-bond donors (Lipinski definition) is 3. The fraction of sp³-hybridized carbons (Fsp3) is 0.400. The van der Waals surface area contributed by atoms with Crippen molar-refractivity contribution in [2.75, 3.05) is 19.7 Å². The van der Waals surface area contributed by atoms with Gasteiger partial charge in [-0.05, 0) is 30.5 Å². The maximum Gasteiger partial charge on any atom is 0.128 e. The highest BCUT2D eigenvalue weighted by atomic mass is 16.5. The molecule has 25 heavy (non-hydrogen) atoms. The average molecular weight is 341 g/mol. The zero-order valence-corrected chi connectivity index (χ0v) is 14.0. The number of ether oxygens (including phenoxy) is 1. The summed E-state index contributed by atoms with van der Waals surface area (Å²) in [6.45, 7) is 1.77. The highest BCUT2D eigenvalue weighted by Gasteiger charge is 2.40. The molecule has 4 rings (SSSR count). The van der Waals surface area contributed by atoms with E-state index in [2.05, 4.69) is 4.90 Å². The van der Waals surface area contributed by atoms with Gasteiger partial charge in [0.05, 0.1) is 11.6 Å². The molecule has 0 saturated carbocycles. The fourth-order valence-electron chi connectivity index (χ4n) is 3.93. The van der Waals surface area contributed by atoms with Crippen LogP contribution in [-0.2, 0) is 5.60 Å². The lowest BCUT2D eigenvalue weighted by Gasteiger charge is -2.44. The Kier molecular flexibility index (Phi) is 4.15. The first kappa shape index (κ1) is 16.4. The number of aromatic hydroxyl groups is 1. The number of phenols is 1. The lowest BCUT2D eigenvalue weighted by Crippen LogP contribution is -2.52. The number of phenolic OH excluding ortho intramolecular Hbond substituents is 1. The maximum absolute atomic E-state index is 11.0. The van der Waals surface area contributed by atoms with Gasteiger partial charge in [-0.25, -0.2) is 0 Å². The summed E-state index contributed by atoms with van der Waals surface area (Å²) in [7, 11) is 0. The molecular formula is C20H23NO4. The number of likely N-dealkylation sites (tertiary alicyclic amines) is 1. The van der Waals surface area contributed by atoms with Crippen molar-refractivity contribution in [3.63, 3.8) is 0 Å². The number of hydrogen-bond acceptors (Lipinski definition) is 5. The highest BCUT2D eigenvalue weighted by molar-refractivity contribution is 5.43. The minimum atomic E-state index is -0.804. The molecule has 1 saturated heterocycles. The maximum atomic E-state index is 11.0. The standard InChI is InChI=1S/C20H23NO4/c22-15-6-7-16-18(12-15)25-13-17(19(16)23)21-10-8-20(24,9-11-21)14-4-2-1-3-5-14/h1-7,12,17,19,22-24H,8-11,13H2/t17-,19+/m1/s1. The quantitative estimate of drug-likeness (QED) is 0.781. The van der Waals surface area contributed by atoms with Crippen molar-refractivity contribution in [2.45, 2.75) is 30.6 Å². The molecule has 2 aromatic carbocycles. The number of aliphatic hydroxyl groups excluding tert-OH is 1. The van der Waals surface area contributed by atoms with Crippen LogP contribution in [0.2, 0.25) is 0 Å². The Bertz CT molecular complexity index is 741. The minimum Gasteiger partial charge on any atom is -0.508 e. The van der Waals surface area contributed by atoms with Crippen LogP contribution in [0.25, 0.3) is 0 Å². The lowest BCUT2D eigenvalue weighted by atomic mass is 9.83. The third kappa shape index (κ3) is 2.99. The molecule has 2 aliphatic rings. The van der Waals surface area contributed by atoms with Crippen molar-refractivity contribution < 1.29 is 20.1 Å². The van der Waals surface area contributed by atoms with Crippen molar-refractivity contribution in [3.8, 4) is 11.5 Å². The number of rotatable bonds is 2. The van der Waals surface area contributed by atoms with Gasteiger partial charge >= 0.3 is 0 Å². The van der Waals surface area contributed by atoms with E-state index in [0.29, 0.717) is 43.9 Å². The molecule has 0 radical (unpaired) electrons. The Labute approximate surface area is 147 Å². The van der Waals surface area contributed by atoms with Gasteiger partial charge in [-0.15, -0.1) is 0 Å². The van der Waals surface area contributed by atoms with E-state index in [4.69, 9.17) is 4.74 Å². The summed E-state index contributed by atoms with van der Waals surface area (Å²) in [6.07, 6.45) is 0.595. The molecule has 0 aromatic heterocycles. The van der Waals surface area contributed by atoms with Crippen LogP contribution in [0, 0.1) is 0 Å². The third-order valence-electron chi connectivity index (χ3n) is 5.50. The zero-order chi connectivity index (χ0) is 17.4. The number of nitrogens with zero attached hydrogens (tertiary/aromatic N) is 1. The van der Waals surface area contributed by atoms with Crippen molar-refractivity contribution in [2.24, 2.45) is 0 Å². The average Bonchev–Trinajstić information content (AvgIpc) is 2.64. The van der Waals surface area contributed by atoms with Gasteiger partial charge in [0.1, 0.15) is 24.2 Å². The minimum absolute atomic E-state index is 0.135. The number of fused-ring (bicyclic) bond motifs is 1. The Morgan fingerprint density at radius 2 is 1.76 bits per heavy atom. The number of piperidine rings is 1. The molecule has 5 nitrogen and oxygen atoms in total. The Morgan fingerprint density at radius 3 is 2.48 bits per heavy atom. The van der Waals surface area contributed by atoms with Gasteiger partial charge in [0.25, 0.3) is 0 Å². The Balaban J connectivity index is 1.47. The summed E-state index contributed by atoms with van der Waals surface area (Å²) in [5.74, 6) is 0.678. The molecule has 2 aromatic rings. The molecule has 2 heterocycles. The molecule has 0 amide bonds. The third-order valence-corrected chi connectivity index (χ3v) is 5.50. The van der Waals surface area contributed by atoms with Crippen LogP contribution in [-0.4, -0.2) is 46.0 Å². The Hall–Kier alpha value is -2.08. The predicted molar refractivity (Wildman–Crippen MR) is 93.5 cm³/mol. The second-order valence-corrected chi connectivity index (χ2v) is 6.98. The molecule has 0 bridgehead atoms. The zero-order valence-electron chi connectivity index (χ0n) is 14.0. The van der Waals surface area contributed by atoms with Crippen molar-refractivity contribution >= 4 is 0 Å². The van der Waals surface area contributed by atoms with Crippen LogP contribution < -0.4 is 4.74 Å². The summed E-state index contributed by atoms with van der Waals surface area (Å²) < 4.78 is 5.75. The highest BCUT2D eigenvalue weighted by Crippen LogP contribution is 2.39. The molecule has 0 spiro atoms. The fourth-order valence-corrected chi connectivity index (χ4v) is 3.93.